The molecule has 0 radical (unpaired) electrons. The number of rotatable bonds is 9. The maximum atomic E-state index is 11.0. The SMILES string of the molecule is CO\C=C/C=C/C=C/C1=[N+](CCCCS(=O)(=O)[O-])c2ccc3ccccc3c2C1(C)C. The summed E-state index contributed by atoms with van der Waals surface area (Å²) in [4.78, 5) is 0. The quantitative estimate of drug-likeness (QED) is 0.185. The lowest BCUT2D eigenvalue weighted by Gasteiger charge is -2.17. The van der Waals surface area contributed by atoms with E-state index in [4.69, 9.17) is 4.74 Å². The van der Waals surface area contributed by atoms with E-state index in [1.165, 1.54) is 16.3 Å². The molecule has 2 aromatic rings. The number of hydrogen-bond donors (Lipinski definition) is 0. The first kappa shape index (κ1) is 23.0. The van der Waals surface area contributed by atoms with E-state index in [-0.39, 0.29) is 11.2 Å². The Labute approximate surface area is 184 Å². The first-order valence-corrected chi connectivity index (χ1v) is 12.0. The summed E-state index contributed by atoms with van der Waals surface area (Å²) in [7, 11) is -2.58. The monoisotopic (exact) mass is 439 g/mol. The van der Waals surface area contributed by atoms with Crippen LogP contribution >= 0.6 is 0 Å². The Bertz CT molecular complexity index is 1170. The van der Waals surface area contributed by atoms with Crippen molar-refractivity contribution >= 4 is 32.3 Å². The van der Waals surface area contributed by atoms with Crippen molar-refractivity contribution in [1.29, 1.82) is 0 Å². The Morgan fingerprint density at radius 2 is 1.77 bits per heavy atom. The fourth-order valence-corrected chi connectivity index (χ4v) is 4.78. The van der Waals surface area contributed by atoms with Gasteiger partial charge in [-0.2, -0.15) is 4.58 Å². The normalized spacial score (nSPS) is 16.3. The van der Waals surface area contributed by atoms with Crippen LogP contribution < -0.4 is 0 Å². The second-order valence-electron chi connectivity index (χ2n) is 8.12. The van der Waals surface area contributed by atoms with Crippen molar-refractivity contribution in [3.8, 4) is 0 Å². The zero-order chi connectivity index (χ0) is 22.5. The Morgan fingerprint density at radius 1 is 1.03 bits per heavy atom. The van der Waals surface area contributed by atoms with Crippen molar-refractivity contribution in [2.45, 2.75) is 32.1 Å². The Morgan fingerprint density at radius 3 is 2.52 bits per heavy atom. The highest BCUT2D eigenvalue weighted by Crippen LogP contribution is 2.44. The number of ether oxygens (including phenoxy) is 1. The van der Waals surface area contributed by atoms with E-state index in [0.717, 1.165) is 11.4 Å². The molecule has 0 N–H and O–H groups in total. The van der Waals surface area contributed by atoms with Crippen molar-refractivity contribution in [2.75, 3.05) is 19.4 Å². The topological polar surface area (TPSA) is 69.4 Å². The van der Waals surface area contributed by atoms with Gasteiger partial charge in [-0.15, -0.1) is 0 Å². The summed E-state index contributed by atoms with van der Waals surface area (Å²) in [5.74, 6) is -0.325. The Kier molecular flexibility index (Phi) is 7.13. The van der Waals surface area contributed by atoms with E-state index in [1.54, 1.807) is 13.4 Å². The minimum atomic E-state index is -4.19. The third-order valence-electron chi connectivity index (χ3n) is 5.58. The molecule has 2 aromatic carbocycles. The number of methoxy groups -OCH3 is 1. The van der Waals surface area contributed by atoms with E-state index in [2.05, 4.69) is 54.8 Å². The van der Waals surface area contributed by atoms with Crippen molar-refractivity contribution in [3.05, 3.63) is 78.6 Å². The van der Waals surface area contributed by atoms with Gasteiger partial charge in [0.1, 0.15) is 6.54 Å². The van der Waals surface area contributed by atoms with Crippen molar-refractivity contribution in [3.63, 3.8) is 0 Å². The molecule has 5 nitrogen and oxygen atoms in total. The summed E-state index contributed by atoms with van der Waals surface area (Å²) in [6, 6.07) is 12.6. The zero-order valence-corrected chi connectivity index (χ0v) is 19.1. The molecule has 0 atom stereocenters. The van der Waals surface area contributed by atoms with Crippen LogP contribution in [-0.4, -0.2) is 42.7 Å². The lowest BCUT2D eigenvalue weighted by atomic mass is 9.79. The highest BCUT2D eigenvalue weighted by Gasteiger charge is 2.45. The average Bonchev–Trinajstić information content (AvgIpc) is 2.94. The second kappa shape index (κ2) is 9.62. The number of fused-ring (bicyclic) bond motifs is 3. The van der Waals surface area contributed by atoms with Crippen LogP contribution in [0.2, 0.25) is 0 Å². The van der Waals surface area contributed by atoms with E-state index in [0.29, 0.717) is 19.4 Å². The molecule has 0 fully saturated rings. The largest absolute Gasteiger partial charge is 0.748 e. The lowest BCUT2D eigenvalue weighted by Crippen LogP contribution is -2.28. The molecule has 1 heterocycles. The summed E-state index contributed by atoms with van der Waals surface area (Å²) in [6.07, 6.45) is 12.3. The van der Waals surface area contributed by atoms with Crippen LogP contribution in [0.25, 0.3) is 10.8 Å². The van der Waals surface area contributed by atoms with E-state index >= 15 is 0 Å². The number of unbranched alkanes of at least 4 members (excludes halogenated alkanes) is 1. The van der Waals surface area contributed by atoms with E-state index < -0.39 is 10.1 Å². The van der Waals surface area contributed by atoms with Gasteiger partial charge in [0.2, 0.25) is 5.69 Å². The minimum Gasteiger partial charge on any atom is -0.748 e. The fourth-order valence-electron chi connectivity index (χ4n) is 4.22. The van der Waals surface area contributed by atoms with Gasteiger partial charge < -0.3 is 9.29 Å². The molecule has 0 aromatic heterocycles. The van der Waals surface area contributed by atoms with Gasteiger partial charge in [0.05, 0.1) is 28.9 Å². The van der Waals surface area contributed by atoms with Crippen LogP contribution in [0.4, 0.5) is 5.69 Å². The lowest BCUT2D eigenvalue weighted by molar-refractivity contribution is -0.438. The molecular weight excluding hydrogens is 410 g/mol. The molecule has 0 bridgehead atoms. The third-order valence-corrected chi connectivity index (χ3v) is 6.37. The van der Waals surface area contributed by atoms with Crippen LogP contribution in [0.1, 0.15) is 32.3 Å². The predicted octanol–water partition coefficient (Wildman–Crippen LogP) is 4.81. The first-order valence-electron chi connectivity index (χ1n) is 10.4. The van der Waals surface area contributed by atoms with Gasteiger partial charge in [-0.1, -0.05) is 42.5 Å². The molecule has 0 saturated carbocycles. The summed E-state index contributed by atoms with van der Waals surface area (Å²) in [5.41, 5.74) is 3.32. The molecule has 1 aliphatic heterocycles. The van der Waals surface area contributed by atoms with Crippen LogP contribution in [0.5, 0.6) is 0 Å². The number of allylic oxidation sites excluding steroid dienone is 5. The maximum absolute atomic E-state index is 11.0. The van der Waals surface area contributed by atoms with Crippen molar-refractivity contribution < 1.29 is 22.3 Å². The van der Waals surface area contributed by atoms with Gasteiger partial charge in [-0.3, -0.25) is 0 Å². The molecule has 0 saturated heterocycles. The molecule has 1 aliphatic rings. The minimum absolute atomic E-state index is 0.229. The summed E-state index contributed by atoms with van der Waals surface area (Å²) in [5, 5.41) is 2.42. The van der Waals surface area contributed by atoms with E-state index in [9.17, 15) is 13.0 Å². The summed E-state index contributed by atoms with van der Waals surface area (Å²) < 4.78 is 40.1. The molecule has 3 rings (SSSR count). The van der Waals surface area contributed by atoms with Crippen LogP contribution in [0.3, 0.4) is 0 Å². The third kappa shape index (κ3) is 5.32. The Hall–Kier alpha value is -2.70. The fraction of sp³-hybridized carbons (Fsp3) is 0.320. The molecule has 0 amide bonds. The maximum Gasteiger partial charge on any atom is 0.210 e. The van der Waals surface area contributed by atoms with Gasteiger partial charge in [-0.05, 0) is 43.2 Å². The van der Waals surface area contributed by atoms with Gasteiger partial charge >= 0.3 is 0 Å². The first-order chi connectivity index (χ1) is 14.8. The molecule has 0 unspecified atom stereocenters. The predicted molar refractivity (Wildman–Crippen MR) is 125 cm³/mol. The highest BCUT2D eigenvalue weighted by molar-refractivity contribution is 7.85. The van der Waals surface area contributed by atoms with Crippen molar-refractivity contribution in [1.82, 2.24) is 0 Å². The standard InChI is InChI=1S/C25H29NO4S/c1-25(2)23(14-6-4-5-10-18-30-3)26(17-9-11-19-31(27,28)29)22-16-15-20-12-7-8-13-21(20)24(22)25/h4-8,10,12-16,18H,9,11,17,19H2,1-3H3/b5-4+,14-6+,18-10-. The molecular formula is C25H29NO4S. The molecule has 164 valence electrons. The average molecular weight is 440 g/mol. The van der Waals surface area contributed by atoms with Gasteiger partial charge in [0, 0.05) is 29.9 Å². The second-order valence-corrected chi connectivity index (χ2v) is 9.64. The summed E-state index contributed by atoms with van der Waals surface area (Å²) >= 11 is 0. The Balaban J connectivity index is 1.99. The smallest absolute Gasteiger partial charge is 0.210 e. The molecule has 0 spiro atoms. The molecule has 0 aliphatic carbocycles. The number of nitrogens with zero attached hydrogens (tertiary/aromatic N) is 1. The zero-order valence-electron chi connectivity index (χ0n) is 18.2. The summed E-state index contributed by atoms with van der Waals surface area (Å²) in [6.45, 7) is 5.08. The van der Waals surface area contributed by atoms with Crippen LogP contribution in [0.15, 0.2) is 73.0 Å². The number of hydrogen-bond acceptors (Lipinski definition) is 4. The highest BCUT2D eigenvalue weighted by atomic mass is 32.2. The number of benzene rings is 2. The van der Waals surface area contributed by atoms with Gasteiger partial charge in [0.15, 0.2) is 5.71 Å². The van der Waals surface area contributed by atoms with E-state index in [1.807, 2.05) is 30.4 Å². The van der Waals surface area contributed by atoms with Crippen molar-refractivity contribution in [2.24, 2.45) is 0 Å². The van der Waals surface area contributed by atoms with Gasteiger partial charge in [-0.25, -0.2) is 8.42 Å². The molecule has 6 heteroatoms. The van der Waals surface area contributed by atoms with Crippen LogP contribution in [-0.2, 0) is 20.3 Å². The van der Waals surface area contributed by atoms with Crippen LogP contribution in [0, 0.1) is 0 Å². The molecule has 31 heavy (non-hydrogen) atoms. The van der Waals surface area contributed by atoms with Gasteiger partial charge in [0.25, 0.3) is 0 Å².